The van der Waals surface area contributed by atoms with Crippen LogP contribution in [0.15, 0.2) is 18.2 Å². The summed E-state index contributed by atoms with van der Waals surface area (Å²) in [5.74, 6) is 0.102. The van der Waals surface area contributed by atoms with Gasteiger partial charge in [-0.3, -0.25) is 9.59 Å². The number of anilines is 1. The number of carbonyl (C=O) groups excluding carboxylic acids is 2. The molecule has 3 rings (SSSR count). The van der Waals surface area contributed by atoms with E-state index in [4.69, 9.17) is 4.74 Å². The fourth-order valence-corrected chi connectivity index (χ4v) is 3.60. The molecule has 1 heterocycles. The van der Waals surface area contributed by atoms with Gasteiger partial charge in [0.1, 0.15) is 18.2 Å². The Balaban J connectivity index is 1.59. The monoisotopic (exact) mass is 348 g/mol. The molecule has 6 heteroatoms. The first-order chi connectivity index (χ1) is 12.0. The van der Waals surface area contributed by atoms with Gasteiger partial charge < -0.3 is 15.0 Å². The highest BCUT2D eigenvalue weighted by Gasteiger charge is 2.27. The molecule has 1 aromatic rings. The number of ether oxygens (including phenoxy) is 1. The summed E-state index contributed by atoms with van der Waals surface area (Å²) in [5.41, 5.74) is 0.460. The Morgan fingerprint density at radius 2 is 2.08 bits per heavy atom. The van der Waals surface area contributed by atoms with Gasteiger partial charge in [0.2, 0.25) is 11.8 Å². The number of nitrogens with zero attached hydrogens (tertiary/aromatic N) is 1. The molecule has 1 N–H and O–H groups in total. The number of rotatable bonds is 4. The number of nitrogens with one attached hydrogen (secondary N) is 1. The maximum Gasteiger partial charge on any atom is 0.229 e. The highest BCUT2D eigenvalue weighted by atomic mass is 19.1. The van der Waals surface area contributed by atoms with Gasteiger partial charge >= 0.3 is 0 Å². The van der Waals surface area contributed by atoms with E-state index in [0.717, 1.165) is 25.7 Å². The number of amides is 2. The first-order valence-electron chi connectivity index (χ1n) is 9.07. The van der Waals surface area contributed by atoms with Gasteiger partial charge in [-0.2, -0.15) is 0 Å². The molecule has 0 radical (unpaired) electrons. The Hall–Kier alpha value is -2.11. The van der Waals surface area contributed by atoms with Gasteiger partial charge in [-0.1, -0.05) is 19.3 Å². The number of fused-ring (bicyclic) bond motifs is 1. The van der Waals surface area contributed by atoms with Crippen LogP contribution in [0, 0.1) is 11.7 Å². The van der Waals surface area contributed by atoms with Crippen LogP contribution in [-0.4, -0.2) is 31.0 Å². The standard InChI is InChI=1S/C19H25FN2O3/c1-13(21-19(24)14-5-3-2-4-6-14)11-18(23)22-9-10-25-17-8-7-15(20)12-16(17)22/h7-8,12-14H,2-6,9-11H2,1H3,(H,21,24). The van der Waals surface area contributed by atoms with E-state index in [1.54, 1.807) is 11.0 Å². The van der Waals surface area contributed by atoms with Gasteiger partial charge in [-0.15, -0.1) is 0 Å². The van der Waals surface area contributed by atoms with E-state index in [1.165, 1.54) is 18.6 Å². The zero-order valence-corrected chi connectivity index (χ0v) is 14.6. The first-order valence-corrected chi connectivity index (χ1v) is 9.07. The van der Waals surface area contributed by atoms with E-state index in [9.17, 15) is 14.0 Å². The normalized spacial score (nSPS) is 18.9. The molecule has 1 aliphatic heterocycles. The topological polar surface area (TPSA) is 58.6 Å². The Bertz CT molecular complexity index is 644. The average Bonchev–Trinajstić information content (AvgIpc) is 2.61. The van der Waals surface area contributed by atoms with Crippen molar-refractivity contribution in [3.63, 3.8) is 0 Å². The Morgan fingerprint density at radius 3 is 2.84 bits per heavy atom. The third-order valence-corrected chi connectivity index (χ3v) is 4.93. The average molecular weight is 348 g/mol. The summed E-state index contributed by atoms with van der Waals surface area (Å²) in [6.45, 7) is 2.61. The molecular weight excluding hydrogens is 323 g/mol. The number of halogens is 1. The molecule has 1 fully saturated rings. The Labute approximate surface area is 147 Å². The second-order valence-electron chi connectivity index (χ2n) is 6.95. The molecule has 0 spiro atoms. The van der Waals surface area contributed by atoms with E-state index < -0.39 is 5.82 Å². The van der Waals surface area contributed by atoms with E-state index in [2.05, 4.69) is 5.32 Å². The third kappa shape index (κ3) is 4.30. The molecule has 1 unspecified atom stereocenters. The van der Waals surface area contributed by atoms with Crippen LogP contribution in [0.1, 0.15) is 45.4 Å². The molecule has 25 heavy (non-hydrogen) atoms. The second kappa shape index (κ2) is 7.85. The molecule has 0 bridgehead atoms. The van der Waals surface area contributed by atoms with Crippen molar-refractivity contribution in [1.29, 1.82) is 0 Å². The maximum atomic E-state index is 13.5. The molecule has 5 nitrogen and oxygen atoms in total. The Kier molecular flexibility index (Phi) is 5.56. The van der Waals surface area contributed by atoms with Crippen molar-refractivity contribution >= 4 is 17.5 Å². The number of carbonyl (C=O) groups is 2. The molecule has 2 aliphatic rings. The lowest BCUT2D eigenvalue weighted by atomic mass is 9.88. The lowest BCUT2D eigenvalue weighted by molar-refractivity contribution is -0.127. The zero-order valence-electron chi connectivity index (χ0n) is 14.6. The summed E-state index contributed by atoms with van der Waals surface area (Å²) in [6, 6.07) is 3.93. The molecule has 1 aromatic carbocycles. The van der Waals surface area contributed by atoms with Crippen molar-refractivity contribution in [2.45, 2.75) is 51.5 Å². The lowest BCUT2D eigenvalue weighted by Gasteiger charge is -2.30. The van der Waals surface area contributed by atoms with Crippen molar-refractivity contribution in [2.75, 3.05) is 18.1 Å². The molecule has 0 saturated heterocycles. The summed E-state index contributed by atoms with van der Waals surface area (Å²) in [5, 5.41) is 2.96. The van der Waals surface area contributed by atoms with E-state index >= 15 is 0 Å². The molecule has 0 aromatic heterocycles. The molecular formula is C19H25FN2O3. The number of benzene rings is 1. The zero-order chi connectivity index (χ0) is 17.8. The minimum atomic E-state index is -0.402. The van der Waals surface area contributed by atoms with Crippen molar-refractivity contribution in [3.8, 4) is 5.75 Å². The van der Waals surface area contributed by atoms with Crippen LogP contribution in [0.4, 0.5) is 10.1 Å². The van der Waals surface area contributed by atoms with Crippen molar-refractivity contribution in [2.24, 2.45) is 5.92 Å². The van der Waals surface area contributed by atoms with E-state index in [-0.39, 0.29) is 30.2 Å². The molecule has 136 valence electrons. The van der Waals surface area contributed by atoms with Crippen LogP contribution in [0.5, 0.6) is 5.75 Å². The molecule has 2 amide bonds. The largest absolute Gasteiger partial charge is 0.490 e. The maximum absolute atomic E-state index is 13.5. The predicted octanol–water partition coefficient (Wildman–Crippen LogP) is 3.03. The van der Waals surface area contributed by atoms with Gasteiger partial charge in [0, 0.05) is 24.4 Å². The van der Waals surface area contributed by atoms with Crippen LogP contribution in [0.3, 0.4) is 0 Å². The third-order valence-electron chi connectivity index (χ3n) is 4.93. The molecule has 1 atom stereocenters. The summed E-state index contributed by atoms with van der Waals surface area (Å²) >= 11 is 0. The van der Waals surface area contributed by atoms with Gasteiger partial charge in [0.15, 0.2) is 0 Å². The second-order valence-corrected chi connectivity index (χ2v) is 6.95. The highest BCUT2D eigenvalue weighted by Crippen LogP contribution is 2.32. The minimum absolute atomic E-state index is 0.0495. The van der Waals surface area contributed by atoms with Crippen LogP contribution >= 0.6 is 0 Å². The van der Waals surface area contributed by atoms with Crippen LogP contribution in [0.2, 0.25) is 0 Å². The fourth-order valence-electron chi connectivity index (χ4n) is 3.60. The number of hydrogen-bond acceptors (Lipinski definition) is 3. The molecule has 1 aliphatic carbocycles. The summed E-state index contributed by atoms with van der Waals surface area (Å²) in [4.78, 5) is 26.5. The van der Waals surface area contributed by atoms with Crippen LogP contribution < -0.4 is 15.0 Å². The quantitative estimate of drug-likeness (QED) is 0.910. The van der Waals surface area contributed by atoms with Crippen molar-refractivity contribution in [1.82, 2.24) is 5.32 Å². The minimum Gasteiger partial charge on any atom is -0.490 e. The van der Waals surface area contributed by atoms with Crippen molar-refractivity contribution in [3.05, 3.63) is 24.0 Å². The summed E-state index contributed by atoms with van der Waals surface area (Å²) in [7, 11) is 0. The van der Waals surface area contributed by atoms with Crippen molar-refractivity contribution < 1.29 is 18.7 Å². The molecule has 1 saturated carbocycles. The summed E-state index contributed by atoms with van der Waals surface area (Å²) < 4.78 is 19.0. The number of hydrogen-bond donors (Lipinski definition) is 1. The Morgan fingerprint density at radius 1 is 1.32 bits per heavy atom. The van der Waals surface area contributed by atoms with Gasteiger partial charge in [0.05, 0.1) is 12.2 Å². The van der Waals surface area contributed by atoms with Gasteiger partial charge in [0.25, 0.3) is 0 Å². The van der Waals surface area contributed by atoms with Crippen LogP contribution in [0.25, 0.3) is 0 Å². The lowest BCUT2D eigenvalue weighted by Crippen LogP contribution is -2.44. The van der Waals surface area contributed by atoms with Gasteiger partial charge in [-0.25, -0.2) is 4.39 Å². The van der Waals surface area contributed by atoms with E-state index in [1.807, 2.05) is 6.92 Å². The van der Waals surface area contributed by atoms with Crippen LogP contribution in [-0.2, 0) is 9.59 Å². The van der Waals surface area contributed by atoms with Gasteiger partial charge in [-0.05, 0) is 31.9 Å². The smallest absolute Gasteiger partial charge is 0.229 e. The SMILES string of the molecule is CC(CC(=O)N1CCOc2ccc(F)cc21)NC(=O)C1CCCCC1. The predicted molar refractivity (Wildman–Crippen MR) is 93.0 cm³/mol. The van der Waals surface area contributed by atoms with E-state index in [0.29, 0.717) is 24.6 Å². The first kappa shape index (κ1) is 17.7. The summed E-state index contributed by atoms with van der Waals surface area (Å²) in [6.07, 6.45) is 5.45. The highest BCUT2D eigenvalue weighted by molar-refractivity contribution is 5.96. The fraction of sp³-hybridized carbons (Fsp3) is 0.579.